The van der Waals surface area contributed by atoms with E-state index in [1.807, 2.05) is 13.8 Å². The molecule has 0 radical (unpaired) electrons. The van der Waals surface area contributed by atoms with Crippen LogP contribution in [0.25, 0.3) is 0 Å². The summed E-state index contributed by atoms with van der Waals surface area (Å²) in [5.74, 6) is -4.04. The number of hydrogen-bond donors (Lipinski definition) is 16. The Kier molecular flexibility index (Phi) is 54.6. The van der Waals surface area contributed by atoms with Crippen LogP contribution >= 0.6 is 7.82 Å². The standard InChI is InChI=1S/C68H126N7O34P/c1-45(2)72-58-63(88)61(86)52(39-76)108-67(58)104-36-33-98-24-21-94-26-29-100-42-54(82)69-16-11-8-14-48(65(90)71-18-10-6-7-13-19-107-110(91,92)93-5)38-50(80)49(75-56(84)44-102-31-28-96-20-23-97-32-35-103-66-57(73-46(3)78)60(85)51(81)41-106-66)15-9-12-17-70-55(83)43-101-30-27-95-22-25-99-34-37-105-68-59(74-47(4)79)64(89)62(87)53(40-77)109-68/h45,48-49,51-53,57-64,66-68,72,76-77,81,85-89H,6-44H2,1-5H3,(H,69,82)(H,70,83)(H,71,90)(H,73,78)(H,74,79)(H,75,84)(H,91,92)/t48-,49+,51+,52-,53-,57-,58-,59-,60+,61+,62+,63-,64-,66-,67-,68-/m1/s1. The van der Waals surface area contributed by atoms with Gasteiger partial charge in [-0.1, -0.05) is 33.1 Å². The second-order valence-corrected chi connectivity index (χ2v) is 27.8. The van der Waals surface area contributed by atoms with Gasteiger partial charge in [-0.2, -0.15) is 0 Å². The van der Waals surface area contributed by atoms with Crippen molar-refractivity contribution >= 4 is 49.0 Å². The quantitative estimate of drug-likeness (QED) is 0.0200. The molecule has 3 saturated heterocycles. The molecular weight excluding hydrogens is 1490 g/mol. The number of aliphatic hydroxyl groups is 8. The molecule has 110 heavy (non-hydrogen) atoms. The molecule has 3 heterocycles. The first kappa shape index (κ1) is 99.8. The van der Waals surface area contributed by atoms with Gasteiger partial charge >= 0.3 is 7.82 Å². The van der Waals surface area contributed by atoms with Gasteiger partial charge in [0.05, 0.1) is 157 Å². The number of aliphatic hydroxyl groups excluding tert-OH is 8. The van der Waals surface area contributed by atoms with Gasteiger partial charge < -0.3 is 154 Å². The predicted octanol–water partition coefficient (Wildman–Crippen LogP) is -5.41. The molecule has 0 aromatic carbocycles. The number of phosphoric acid groups is 1. The average Bonchev–Trinajstić information content (AvgIpc) is 0.975. The Balaban J connectivity index is 1.48. The number of rotatable bonds is 66. The number of nitrogens with one attached hydrogen (secondary N) is 7. The largest absolute Gasteiger partial charge is 0.471 e. The van der Waals surface area contributed by atoms with E-state index in [1.54, 1.807) is 0 Å². The second-order valence-electron chi connectivity index (χ2n) is 26.3. The summed E-state index contributed by atoms with van der Waals surface area (Å²) in [6.45, 7) is 6.73. The van der Waals surface area contributed by atoms with Crippen molar-refractivity contribution in [2.75, 3.05) is 192 Å². The molecule has 41 nitrogen and oxygen atoms in total. The Morgan fingerprint density at radius 2 is 0.864 bits per heavy atom. The molecule has 0 aromatic heterocycles. The summed E-state index contributed by atoms with van der Waals surface area (Å²) < 4.78 is 104. The van der Waals surface area contributed by atoms with Crippen molar-refractivity contribution in [3.8, 4) is 0 Å². The van der Waals surface area contributed by atoms with Crippen LogP contribution in [0.4, 0.5) is 0 Å². The Bertz CT molecular complexity index is 2550. The first-order valence-electron chi connectivity index (χ1n) is 37.6. The topological polar surface area (TPSA) is 560 Å². The molecule has 3 aliphatic rings. The summed E-state index contributed by atoms with van der Waals surface area (Å²) >= 11 is 0. The molecule has 3 rings (SSSR count). The third-order valence-electron chi connectivity index (χ3n) is 16.9. The van der Waals surface area contributed by atoms with Crippen LogP contribution in [0.3, 0.4) is 0 Å². The SMILES string of the molecule is COP(=O)(O)OCCCCCCNC(=O)[C@H](CCCCNC(=O)COCCOCCOCCO[C@@H]1O[C@H](CO)[C@H](O)[C@H](O)[C@H]1NC(C)C)CC(=O)[C@H](CCCCNC(=O)COCCOCCOCCO[C@@H]1O[C@H](CO)[C@H](O)[C@H](O)[C@H]1NC(C)=O)NC(=O)COCCOCCOCCO[C@@H]1OC[C@H](O)[C@H](O)[C@H]1NC(C)=O. The highest BCUT2D eigenvalue weighted by atomic mass is 31.2. The molecule has 0 saturated carbocycles. The summed E-state index contributed by atoms with van der Waals surface area (Å²) in [4.78, 5) is 99.8. The minimum Gasteiger partial charge on any atom is -0.394 e. The number of hydrogen-bond acceptors (Lipinski definition) is 34. The van der Waals surface area contributed by atoms with Crippen molar-refractivity contribution in [2.45, 2.75) is 196 Å². The van der Waals surface area contributed by atoms with Gasteiger partial charge in [-0.25, -0.2) is 4.57 Å². The molecule has 17 atom stereocenters. The first-order chi connectivity index (χ1) is 52.8. The minimum absolute atomic E-state index is 0.00651. The van der Waals surface area contributed by atoms with E-state index in [1.165, 1.54) is 13.8 Å². The van der Waals surface area contributed by atoms with Crippen LogP contribution < -0.4 is 37.2 Å². The maximum Gasteiger partial charge on any atom is 0.471 e. The van der Waals surface area contributed by atoms with Crippen LogP contribution in [-0.4, -0.2) is 377 Å². The van der Waals surface area contributed by atoms with Crippen LogP contribution in [-0.2, 0) is 118 Å². The zero-order valence-electron chi connectivity index (χ0n) is 64.1. The van der Waals surface area contributed by atoms with Gasteiger partial charge in [-0.15, -0.1) is 0 Å². The summed E-state index contributed by atoms with van der Waals surface area (Å²) in [7, 11) is -3.06. The fraction of sp³-hybridized carbons (Fsp3) is 0.897. The molecule has 3 fully saturated rings. The molecule has 0 aromatic rings. The maximum atomic E-state index is 14.3. The monoisotopic (exact) mass is 1620 g/mol. The normalized spacial score (nSPS) is 24.6. The van der Waals surface area contributed by atoms with E-state index in [-0.39, 0.29) is 196 Å². The fourth-order valence-corrected chi connectivity index (χ4v) is 11.7. The van der Waals surface area contributed by atoms with E-state index in [0.717, 1.165) is 7.11 Å². The summed E-state index contributed by atoms with van der Waals surface area (Å²) in [6.07, 6.45) is -9.25. The molecule has 0 bridgehead atoms. The number of carbonyl (C=O) groups is 7. The van der Waals surface area contributed by atoms with E-state index >= 15 is 0 Å². The lowest BCUT2D eigenvalue weighted by Gasteiger charge is -2.43. The Hall–Kier alpha value is -4.36. The van der Waals surface area contributed by atoms with E-state index in [2.05, 4.69) is 41.7 Å². The molecule has 0 spiro atoms. The third kappa shape index (κ3) is 43.9. The fourth-order valence-electron chi connectivity index (χ4n) is 11.2. The molecule has 42 heteroatoms. The number of phosphoric ester groups is 1. The van der Waals surface area contributed by atoms with Crippen molar-refractivity contribution in [3.63, 3.8) is 0 Å². The molecule has 0 aliphatic carbocycles. The molecule has 16 N–H and O–H groups in total. The Labute approximate surface area is 642 Å². The zero-order valence-corrected chi connectivity index (χ0v) is 65.0. The Morgan fingerprint density at radius 3 is 1.33 bits per heavy atom. The van der Waals surface area contributed by atoms with Crippen LogP contribution in [0.1, 0.15) is 98.3 Å². The summed E-state index contributed by atoms with van der Waals surface area (Å²) in [6, 6.07) is -3.94. The highest BCUT2D eigenvalue weighted by Crippen LogP contribution is 2.42. The number of ether oxygens (including phenoxy) is 15. The lowest BCUT2D eigenvalue weighted by atomic mass is 9.91. The second kappa shape index (κ2) is 60.2. The lowest BCUT2D eigenvalue weighted by Crippen LogP contribution is -2.64. The van der Waals surface area contributed by atoms with Gasteiger partial charge in [0.2, 0.25) is 35.4 Å². The highest BCUT2D eigenvalue weighted by molar-refractivity contribution is 7.47. The van der Waals surface area contributed by atoms with Gasteiger partial charge in [0.1, 0.15) is 80.7 Å². The number of amides is 6. The van der Waals surface area contributed by atoms with E-state index in [0.29, 0.717) is 51.4 Å². The van der Waals surface area contributed by atoms with E-state index < -0.39 is 161 Å². The number of ketones is 1. The number of unbranched alkanes of at least 4 members (excludes halogenated alkanes) is 5. The molecule has 3 aliphatic heterocycles. The van der Waals surface area contributed by atoms with Crippen molar-refractivity contribution in [1.29, 1.82) is 0 Å². The maximum absolute atomic E-state index is 14.3. The van der Waals surface area contributed by atoms with Crippen molar-refractivity contribution in [3.05, 3.63) is 0 Å². The van der Waals surface area contributed by atoms with Crippen LogP contribution in [0, 0.1) is 5.92 Å². The van der Waals surface area contributed by atoms with Gasteiger partial charge in [0, 0.05) is 59.0 Å². The highest BCUT2D eigenvalue weighted by Gasteiger charge is 2.47. The smallest absolute Gasteiger partial charge is 0.394 e. The Morgan fingerprint density at radius 1 is 0.464 bits per heavy atom. The van der Waals surface area contributed by atoms with Crippen molar-refractivity contribution < 1.29 is 164 Å². The van der Waals surface area contributed by atoms with Crippen molar-refractivity contribution in [1.82, 2.24) is 37.2 Å². The van der Waals surface area contributed by atoms with E-state index in [9.17, 15) is 83.9 Å². The molecule has 642 valence electrons. The first-order valence-corrected chi connectivity index (χ1v) is 39.1. The van der Waals surface area contributed by atoms with Gasteiger partial charge in [0.15, 0.2) is 24.7 Å². The predicted molar refractivity (Wildman–Crippen MR) is 383 cm³/mol. The lowest BCUT2D eigenvalue weighted by molar-refractivity contribution is -0.273. The van der Waals surface area contributed by atoms with Gasteiger partial charge in [-0.3, -0.25) is 42.6 Å². The summed E-state index contributed by atoms with van der Waals surface area (Å²) in [5, 5.41) is 100. The van der Waals surface area contributed by atoms with Crippen LogP contribution in [0.15, 0.2) is 0 Å². The van der Waals surface area contributed by atoms with Crippen molar-refractivity contribution in [2.24, 2.45) is 5.92 Å². The minimum atomic E-state index is -4.12. The number of Topliss-reactive ketones (excluding diaryl/α,β-unsaturated/α-hetero) is 1. The van der Waals surface area contributed by atoms with Gasteiger partial charge in [-0.05, 0) is 44.9 Å². The van der Waals surface area contributed by atoms with Crippen LogP contribution in [0.5, 0.6) is 0 Å². The third-order valence-corrected chi connectivity index (χ3v) is 17.9. The van der Waals surface area contributed by atoms with Crippen LogP contribution in [0.2, 0.25) is 0 Å². The van der Waals surface area contributed by atoms with E-state index in [4.69, 9.17) is 75.6 Å². The summed E-state index contributed by atoms with van der Waals surface area (Å²) in [5.41, 5.74) is 0. The average molecular weight is 1620 g/mol. The molecular formula is C68H126N7O34P. The molecule has 6 amide bonds. The molecule has 1 unspecified atom stereocenters. The van der Waals surface area contributed by atoms with Gasteiger partial charge in [0.25, 0.3) is 0 Å². The number of carbonyl (C=O) groups excluding carboxylic acids is 7. The zero-order chi connectivity index (χ0) is 80.9.